The van der Waals surface area contributed by atoms with Gasteiger partial charge in [0, 0.05) is 60.2 Å². The second-order valence-corrected chi connectivity index (χ2v) is 13.7. The van der Waals surface area contributed by atoms with Crippen LogP contribution in [0.25, 0.3) is 10.8 Å². The van der Waals surface area contributed by atoms with Gasteiger partial charge in [-0.15, -0.1) is 0 Å². The maximum Gasteiger partial charge on any atom is 0.318 e. The minimum Gasteiger partial charge on any atom is -0.496 e. The molecular formula is C40H46N8O2. The Morgan fingerprint density at radius 3 is 2.66 bits per heavy atom. The molecule has 4 heterocycles. The molecule has 50 heavy (non-hydrogen) atoms. The van der Waals surface area contributed by atoms with Crippen LogP contribution in [0.2, 0.25) is 0 Å². The molecule has 2 fully saturated rings. The zero-order valence-electron chi connectivity index (χ0n) is 29.4. The summed E-state index contributed by atoms with van der Waals surface area (Å²) in [5.74, 6) is 1.77. The van der Waals surface area contributed by atoms with Gasteiger partial charge < -0.3 is 24.2 Å². The number of benzene rings is 3. The van der Waals surface area contributed by atoms with E-state index >= 15 is 0 Å². The molecule has 7 rings (SSSR count). The summed E-state index contributed by atoms with van der Waals surface area (Å²) < 4.78 is 11.8. The van der Waals surface area contributed by atoms with Crippen molar-refractivity contribution in [3.63, 3.8) is 0 Å². The van der Waals surface area contributed by atoms with Gasteiger partial charge in [0.25, 0.3) is 0 Å². The molecule has 258 valence electrons. The van der Waals surface area contributed by atoms with E-state index < -0.39 is 0 Å². The number of fused-ring (bicyclic) bond motifs is 2. The van der Waals surface area contributed by atoms with Crippen molar-refractivity contribution in [3.05, 3.63) is 83.0 Å². The van der Waals surface area contributed by atoms with E-state index in [1.807, 2.05) is 24.3 Å². The first kappa shape index (κ1) is 33.5. The highest BCUT2D eigenvalue weighted by molar-refractivity contribution is 5.97. The molecule has 0 saturated carbocycles. The van der Waals surface area contributed by atoms with Gasteiger partial charge in [-0.3, -0.25) is 0 Å². The summed E-state index contributed by atoms with van der Waals surface area (Å²) in [6.45, 7) is 7.29. The quantitative estimate of drug-likeness (QED) is 0.177. The number of hydrogen-bond donors (Lipinski definition) is 0. The van der Waals surface area contributed by atoms with E-state index in [4.69, 9.17) is 24.4 Å². The Balaban J connectivity index is 1.15. The van der Waals surface area contributed by atoms with E-state index in [0.29, 0.717) is 44.7 Å². The largest absolute Gasteiger partial charge is 0.496 e. The van der Waals surface area contributed by atoms with Gasteiger partial charge in [-0.2, -0.15) is 15.2 Å². The molecule has 0 N–H and O–H groups in total. The number of likely N-dealkylation sites (tertiary alicyclic amines) is 1. The number of rotatable bonds is 10. The third kappa shape index (κ3) is 7.16. The van der Waals surface area contributed by atoms with Crippen molar-refractivity contribution in [2.75, 3.05) is 56.7 Å². The van der Waals surface area contributed by atoms with Crippen LogP contribution in [0, 0.1) is 24.2 Å². The van der Waals surface area contributed by atoms with Crippen molar-refractivity contribution >= 4 is 28.3 Å². The number of aryl methyl sites for hydroxylation is 1. The summed E-state index contributed by atoms with van der Waals surface area (Å²) in [6.07, 6.45) is 4.32. The minimum atomic E-state index is -0.0382. The van der Waals surface area contributed by atoms with Crippen LogP contribution in [0.4, 0.5) is 11.5 Å². The Kier molecular flexibility index (Phi) is 10.2. The normalized spacial score (nSPS) is 20.6. The molecular weight excluding hydrogens is 624 g/mol. The van der Waals surface area contributed by atoms with Crippen molar-refractivity contribution < 1.29 is 9.47 Å². The number of piperidine rings is 1. The molecule has 3 atom stereocenters. The van der Waals surface area contributed by atoms with Crippen LogP contribution in [0.3, 0.4) is 0 Å². The highest BCUT2D eigenvalue weighted by Crippen LogP contribution is 2.37. The maximum absolute atomic E-state index is 9.81. The molecule has 2 saturated heterocycles. The third-order valence-electron chi connectivity index (χ3n) is 10.6. The fraction of sp³-hybridized carbons (Fsp3) is 0.450. The Bertz CT molecular complexity index is 1930. The van der Waals surface area contributed by atoms with Crippen LogP contribution < -0.4 is 19.3 Å². The third-order valence-corrected chi connectivity index (χ3v) is 10.6. The predicted octanol–water partition coefficient (Wildman–Crippen LogP) is 6.47. The first-order chi connectivity index (χ1) is 24.5. The average Bonchev–Trinajstić information content (AvgIpc) is 3.56. The Hall–Kier alpha value is -4.97. The number of anilines is 2. The number of hydrogen-bond acceptors (Lipinski definition) is 10. The predicted molar refractivity (Wildman–Crippen MR) is 198 cm³/mol. The van der Waals surface area contributed by atoms with Crippen LogP contribution in [-0.2, 0) is 19.5 Å². The van der Waals surface area contributed by atoms with Crippen molar-refractivity contribution in [1.82, 2.24) is 14.9 Å². The van der Waals surface area contributed by atoms with Gasteiger partial charge in [-0.25, -0.2) is 9.98 Å². The van der Waals surface area contributed by atoms with Gasteiger partial charge in [-0.05, 0) is 69.3 Å². The van der Waals surface area contributed by atoms with E-state index in [1.165, 1.54) is 34.0 Å². The first-order valence-electron chi connectivity index (χ1n) is 17.8. The van der Waals surface area contributed by atoms with Crippen LogP contribution in [0.5, 0.6) is 11.8 Å². The summed E-state index contributed by atoms with van der Waals surface area (Å²) in [7, 11) is 3.83. The number of methoxy groups -OCH3 is 1. The van der Waals surface area contributed by atoms with Gasteiger partial charge in [0.2, 0.25) is 0 Å². The smallest absolute Gasteiger partial charge is 0.318 e. The topological polar surface area (TPSA) is 102 Å². The van der Waals surface area contributed by atoms with Gasteiger partial charge in [-0.1, -0.05) is 48.5 Å². The second kappa shape index (κ2) is 15.3. The van der Waals surface area contributed by atoms with E-state index in [2.05, 4.69) is 82.1 Å². The van der Waals surface area contributed by atoms with Crippen LogP contribution in [0.1, 0.15) is 48.1 Å². The van der Waals surface area contributed by atoms with Gasteiger partial charge in [0.15, 0.2) is 0 Å². The van der Waals surface area contributed by atoms with E-state index in [0.717, 1.165) is 61.7 Å². The van der Waals surface area contributed by atoms with Gasteiger partial charge >= 0.3 is 6.01 Å². The molecule has 0 radical (unpaired) electrons. The molecule has 3 aliphatic rings. The zero-order chi connectivity index (χ0) is 34.5. The highest BCUT2D eigenvalue weighted by Gasteiger charge is 2.33. The minimum absolute atomic E-state index is 0.0311. The van der Waals surface area contributed by atoms with Crippen molar-refractivity contribution in [2.45, 2.75) is 64.2 Å². The molecule has 10 heteroatoms. The number of aromatic nitrogens is 2. The van der Waals surface area contributed by atoms with Crippen molar-refractivity contribution in [2.24, 2.45) is 15.9 Å². The molecule has 3 aromatic carbocycles. The lowest BCUT2D eigenvalue weighted by Gasteiger charge is -2.39. The van der Waals surface area contributed by atoms with Crippen LogP contribution in [-0.4, -0.2) is 79.9 Å². The summed E-state index contributed by atoms with van der Waals surface area (Å²) in [5.41, 5.74) is 5.69. The van der Waals surface area contributed by atoms with E-state index in [1.54, 1.807) is 7.11 Å². The Labute approximate surface area is 295 Å². The summed E-state index contributed by atoms with van der Waals surface area (Å²) in [5, 5.41) is 12.4. The lowest BCUT2D eigenvalue weighted by Crippen LogP contribution is -2.44. The molecule has 3 aliphatic heterocycles. The number of para-hydroxylation sites is 1. The van der Waals surface area contributed by atoms with Crippen LogP contribution in [0.15, 0.2) is 70.6 Å². The number of aliphatic imine (C=N–C) groups is 2. The number of ether oxygens (including phenoxy) is 2. The van der Waals surface area contributed by atoms with Crippen molar-refractivity contribution in [3.8, 4) is 17.8 Å². The van der Waals surface area contributed by atoms with Crippen molar-refractivity contribution in [1.29, 1.82) is 5.26 Å². The molecule has 0 unspecified atom stereocenters. The molecule has 1 aromatic heterocycles. The lowest BCUT2D eigenvalue weighted by molar-refractivity contribution is 0.187. The second-order valence-electron chi connectivity index (χ2n) is 13.7. The molecule has 0 spiro atoms. The standard InChI is InChI=1S/C40H46N8O2/c1-28-9-6-11-29-12-7-14-36(38(28)29)47-21-17-33-35(25-47)44-40(50-26-32-13-8-20-46(32)2)45-39(33)48-22-18-34(31(24-48)16-19-41)43-27-42-23-30-10-4-5-15-37(30)49-3/h4-7,9-12,14-15,31-32,34H,8,13,16-18,20-26H2,1-3H3/t31-,32-,34+/m0/s1. The summed E-state index contributed by atoms with van der Waals surface area (Å²) in [4.78, 5) is 26.5. The van der Waals surface area contributed by atoms with Gasteiger partial charge in [0.05, 0.1) is 44.0 Å². The summed E-state index contributed by atoms with van der Waals surface area (Å²) >= 11 is 0. The van der Waals surface area contributed by atoms with Gasteiger partial charge in [0.1, 0.15) is 18.2 Å². The van der Waals surface area contributed by atoms with Crippen LogP contribution >= 0.6 is 0 Å². The fourth-order valence-corrected chi connectivity index (χ4v) is 7.82. The SMILES string of the molecule is COc1ccccc1CN=C=N[C@@H]1CCN(c2nc(OC[C@@H]3CCCN3C)nc3c2CCN(c2cccc4cccc(C)c24)C3)C[C@@H]1CC#N. The lowest BCUT2D eigenvalue weighted by atomic mass is 9.89. The molecule has 4 aromatic rings. The average molecular weight is 671 g/mol. The number of nitrogens with zero attached hydrogens (tertiary/aromatic N) is 8. The van der Waals surface area contributed by atoms with E-state index in [-0.39, 0.29) is 12.0 Å². The number of likely N-dealkylation sites (N-methyl/N-ethyl adjacent to an activating group) is 1. The van der Waals surface area contributed by atoms with E-state index in [9.17, 15) is 5.26 Å². The first-order valence-corrected chi connectivity index (χ1v) is 17.8. The monoisotopic (exact) mass is 670 g/mol. The molecule has 0 aliphatic carbocycles. The maximum atomic E-state index is 9.81. The highest BCUT2D eigenvalue weighted by atomic mass is 16.5. The zero-order valence-corrected chi connectivity index (χ0v) is 29.4. The Morgan fingerprint density at radius 1 is 0.980 bits per heavy atom. The number of nitriles is 1. The summed E-state index contributed by atoms with van der Waals surface area (Å²) in [6, 6.07) is 27.0. The molecule has 0 bridgehead atoms. The molecule has 10 nitrogen and oxygen atoms in total. The molecule has 0 amide bonds. The Morgan fingerprint density at radius 2 is 1.84 bits per heavy atom. The fourth-order valence-electron chi connectivity index (χ4n) is 7.82.